The van der Waals surface area contributed by atoms with Crippen molar-refractivity contribution in [2.75, 3.05) is 7.05 Å². The van der Waals surface area contributed by atoms with E-state index in [1.165, 1.54) is 16.2 Å². The highest BCUT2D eigenvalue weighted by Gasteiger charge is 2.20. The van der Waals surface area contributed by atoms with E-state index < -0.39 is 5.60 Å². The predicted molar refractivity (Wildman–Crippen MR) is 73.0 cm³/mol. The molecule has 0 saturated carbocycles. The Bertz CT molecular complexity index is 448. The number of hydrogen-bond acceptors (Lipinski definition) is 4. The van der Waals surface area contributed by atoms with Gasteiger partial charge in [-0.1, -0.05) is 0 Å². The highest BCUT2D eigenvalue weighted by atomic mass is 32.1. The fraction of sp³-hybridized carbons (Fsp3) is 0.500. The highest BCUT2D eigenvalue weighted by Crippen LogP contribution is 2.17. The molecule has 3 N–H and O–H groups in total. The molecule has 0 aliphatic rings. The fourth-order valence-electron chi connectivity index (χ4n) is 1.24. The monoisotopic (exact) mass is 269 g/mol. The van der Waals surface area contributed by atoms with E-state index in [2.05, 4.69) is 0 Å². The molecule has 0 unspecified atom stereocenters. The molecule has 1 aromatic heterocycles. The third-order valence-electron chi connectivity index (χ3n) is 2.06. The van der Waals surface area contributed by atoms with Crippen LogP contribution in [0.3, 0.4) is 0 Å². The van der Waals surface area contributed by atoms with Gasteiger partial charge in [0, 0.05) is 22.9 Å². The zero-order chi connectivity index (χ0) is 13.9. The molecule has 0 aliphatic carbocycles. The fourth-order valence-corrected chi connectivity index (χ4v) is 2.18. The van der Waals surface area contributed by atoms with E-state index in [1.54, 1.807) is 12.4 Å². The minimum absolute atomic E-state index is 0.0393. The number of nitrogens with two attached hydrogens (primary N) is 1. The number of rotatable bonds is 3. The number of nitrogens with one attached hydrogen (secondary N) is 1. The van der Waals surface area contributed by atoms with Crippen molar-refractivity contribution in [1.29, 1.82) is 5.41 Å². The first kappa shape index (κ1) is 14.5. The first-order valence-electron chi connectivity index (χ1n) is 5.55. The van der Waals surface area contributed by atoms with Gasteiger partial charge in [-0.3, -0.25) is 5.41 Å². The van der Waals surface area contributed by atoms with Gasteiger partial charge in [-0.05, 0) is 26.8 Å². The van der Waals surface area contributed by atoms with Crippen molar-refractivity contribution in [1.82, 2.24) is 4.90 Å². The molecule has 6 heteroatoms. The van der Waals surface area contributed by atoms with E-state index >= 15 is 0 Å². The van der Waals surface area contributed by atoms with Crippen LogP contribution in [0.1, 0.15) is 31.2 Å². The summed E-state index contributed by atoms with van der Waals surface area (Å²) in [5.41, 5.74) is 5.58. The molecule has 0 bridgehead atoms. The van der Waals surface area contributed by atoms with Gasteiger partial charge < -0.3 is 15.4 Å². The van der Waals surface area contributed by atoms with Crippen LogP contribution in [0.2, 0.25) is 0 Å². The van der Waals surface area contributed by atoms with Crippen LogP contribution in [-0.4, -0.2) is 29.5 Å². The Hall–Kier alpha value is -1.56. The number of nitrogen functional groups attached to an aromatic ring is 1. The van der Waals surface area contributed by atoms with Crippen molar-refractivity contribution in [3.05, 3.63) is 21.9 Å². The molecule has 100 valence electrons. The molecule has 0 radical (unpaired) electrons. The van der Waals surface area contributed by atoms with E-state index in [-0.39, 0.29) is 11.9 Å². The minimum Gasteiger partial charge on any atom is -0.444 e. The van der Waals surface area contributed by atoms with Gasteiger partial charge >= 0.3 is 6.09 Å². The number of carbonyl (C=O) groups is 1. The van der Waals surface area contributed by atoms with Crippen molar-refractivity contribution >= 4 is 23.3 Å². The first-order valence-corrected chi connectivity index (χ1v) is 6.43. The Balaban J connectivity index is 2.61. The molecule has 1 heterocycles. The van der Waals surface area contributed by atoms with E-state index in [9.17, 15) is 4.79 Å². The smallest absolute Gasteiger partial charge is 0.410 e. The van der Waals surface area contributed by atoms with E-state index in [0.29, 0.717) is 12.1 Å². The lowest BCUT2D eigenvalue weighted by atomic mass is 10.2. The van der Waals surface area contributed by atoms with Crippen molar-refractivity contribution in [3.8, 4) is 0 Å². The third kappa shape index (κ3) is 4.37. The standard InChI is InChI=1S/C12H19N3O2S/c1-12(2,3)17-11(16)15(4)6-9-5-8(7-18-9)10(13)14/h5,7H,6H2,1-4H3,(H3,13,14). The summed E-state index contributed by atoms with van der Waals surface area (Å²) in [6.07, 6.45) is -0.361. The molecule has 0 fully saturated rings. The number of nitrogens with zero attached hydrogens (tertiary/aromatic N) is 1. The molecule has 0 atom stereocenters. The number of carbonyl (C=O) groups excluding carboxylic acids is 1. The number of hydrogen-bond donors (Lipinski definition) is 2. The SMILES string of the molecule is CN(Cc1cc(C(=N)N)cs1)C(=O)OC(C)(C)C. The number of thiophene rings is 1. The molecule has 1 rings (SSSR count). The van der Waals surface area contributed by atoms with Crippen LogP contribution < -0.4 is 5.73 Å². The average Bonchev–Trinajstić information content (AvgIpc) is 2.63. The number of ether oxygens (including phenoxy) is 1. The molecule has 1 aromatic rings. The quantitative estimate of drug-likeness (QED) is 0.653. The van der Waals surface area contributed by atoms with Crippen molar-refractivity contribution in [2.24, 2.45) is 5.73 Å². The van der Waals surface area contributed by atoms with Gasteiger partial charge in [0.2, 0.25) is 0 Å². The summed E-state index contributed by atoms with van der Waals surface area (Å²) in [4.78, 5) is 14.2. The van der Waals surface area contributed by atoms with Crippen molar-refractivity contribution in [2.45, 2.75) is 32.9 Å². The van der Waals surface area contributed by atoms with Crippen LogP contribution in [0, 0.1) is 5.41 Å². The Morgan fingerprint density at radius 3 is 2.61 bits per heavy atom. The summed E-state index contributed by atoms with van der Waals surface area (Å²) in [7, 11) is 1.68. The van der Waals surface area contributed by atoms with Gasteiger partial charge in [-0.15, -0.1) is 11.3 Å². The summed E-state index contributed by atoms with van der Waals surface area (Å²) in [5, 5.41) is 9.12. The van der Waals surface area contributed by atoms with E-state index in [0.717, 1.165) is 4.88 Å². The zero-order valence-electron chi connectivity index (χ0n) is 11.1. The van der Waals surface area contributed by atoms with Gasteiger partial charge in [0.05, 0.1) is 6.54 Å². The summed E-state index contributed by atoms with van der Waals surface area (Å²) in [6, 6.07) is 1.81. The van der Waals surface area contributed by atoms with Crippen molar-refractivity contribution < 1.29 is 9.53 Å². The summed E-state index contributed by atoms with van der Waals surface area (Å²) >= 11 is 1.47. The molecular weight excluding hydrogens is 250 g/mol. The number of amidine groups is 1. The zero-order valence-corrected chi connectivity index (χ0v) is 11.9. The topological polar surface area (TPSA) is 79.4 Å². The summed E-state index contributed by atoms with van der Waals surface area (Å²) in [6.45, 7) is 5.94. The second kappa shape index (κ2) is 5.39. The van der Waals surface area contributed by atoms with Gasteiger partial charge in [0.1, 0.15) is 11.4 Å². The maximum absolute atomic E-state index is 11.7. The predicted octanol–water partition coefficient (Wildman–Crippen LogP) is 2.40. The van der Waals surface area contributed by atoms with Crippen LogP contribution in [0.15, 0.2) is 11.4 Å². The normalized spacial score (nSPS) is 11.1. The van der Waals surface area contributed by atoms with Crippen LogP contribution in [0.5, 0.6) is 0 Å². The second-order valence-electron chi connectivity index (χ2n) is 5.05. The van der Waals surface area contributed by atoms with Gasteiger partial charge in [-0.25, -0.2) is 4.79 Å². The third-order valence-corrected chi connectivity index (χ3v) is 2.98. The van der Waals surface area contributed by atoms with Crippen LogP contribution >= 0.6 is 11.3 Å². The average molecular weight is 269 g/mol. The Morgan fingerprint density at radius 2 is 2.17 bits per heavy atom. The Morgan fingerprint density at radius 1 is 1.56 bits per heavy atom. The first-order chi connectivity index (χ1) is 8.19. The Kier molecular flexibility index (Phi) is 4.34. The Labute approximate surface area is 111 Å². The van der Waals surface area contributed by atoms with Crippen LogP contribution in [0.25, 0.3) is 0 Å². The maximum Gasteiger partial charge on any atom is 0.410 e. The highest BCUT2D eigenvalue weighted by molar-refractivity contribution is 7.10. The number of amides is 1. The second-order valence-corrected chi connectivity index (χ2v) is 6.05. The minimum atomic E-state index is -0.495. The van der Waals surface area contributed by atoms with E-state index in [1.807, 2.05) is 26.8 Å². The molecule has 0 saturated heterocycles. The van der Waals surface area contributed by atoms with Crippen molar-refractivity contribution in [3.63, 3.8) is 0 Å². The van der Waals surface area contributed by atoms with Gasteiger partial charge in [0.25, 0.3) is 0 Å². The molecule has 0 aliphatic heterocycles. The molecule has 0 spiro atoms. The van der Waals surface area contributed by atoms with Gasteiger partial charge in [0.15, 0.2) is 0 Å². The lowest BCUT2D eigenvalue weighted by molar-refractivity contribution is 0.0287. The largest absolute Gasteiger partial charge is 0.444 e. The van der Waals surface area contributed by atoms with Crippen LogP contribution in [0.4, 0.5) is 4.79 Å². The molecule has 18 heavy (non-hydrogen) atoms. The molecule has 0 aromatic carbocycles. The lowest BCUT2D eigenvalue weighted by Gasteiger charge is -2.24. The summed E-state index contributed by atoms with van der Waals surface area (Å²) < 4.78 is 5.25. The molecule has 5 nitrogen and oxygen atoms in total. The lowest BCUT2D eigenvalue weighted by Crippen LogP contribution is -2.33. The van der Waals surface area contributed by atoms with E-state index in [4.69, 9.17) is 15.9 Å². The summed E-state index contributed by atoms with van der Waals surface area (Å²) in [5.74, 6) is 0.0393. The van der Waals surface area contributed by atoms with Gasteiger partial charge in [-0.2, -0.15) is 0 Å². The molecular formula is C12H19N3O2S. The van der Waals surface area contributed by atoms with Crippen LogP contribution in [-0.2, 0) is 11.3 Å². The maximum atomic E-state index is 11.7. The molecule has 1 amide bonds.